The van der Waals surface area contributed by atoms with E-state index >= 15 is 0 Å². The van der Waals surface area contributed by atoms with Crippen LogP contribution in [0.3, 0.4) is 0 Å². The molecule has 2 aromatic rings. The van der Waals surface area contributed by atoms with Gasteiger partial charge in [0.25, 0.3) is 0 Å². The zero-order valence-corrected chi connectivity index (χ0v) is 12.8. The molecule has 1 fully saturated rings. The molecule has 0 bridgehead atoms. The van der Waals surface area contributed by atoms with Crippen LogP contribution in [0, 0.1) is 11.8 Å². The highest BCUT2D eigenvalue weighted by molar-refractivity contribution is 5.83. The van der Waals surface area contributed by atoms with Crippen LogP contribution in [-0.4, -0.2) is 15.8 Å². The molecule has 1 aromatic carbocycles. The fraction of sp³-hybridized carbons (Fsp3) is 0.421. The lowest BCUT2D eigenvalue weighted by Gasteiger charge is -2.50. The number of aromatic nitrogens is 2. The molecule has 1 heterocycles. The van der Waals surface area contributed by atoms with Crippen LogP contribution in [0.15, 0.2) is 42.9 Å². The van der Waals surface area contributed by atoms with Gasteiger partial charge in [-0.15, -0.1) is 0 Å². The topological polar surface area (TPSA) is 42.9 Å². The van der Waals surface area contributed by atoms with E-state index in [4.69, 9.17) is 0 Å². The summed E-state index contributed by atoms with van der Waals surface area (Å²) in [5.74, 6) is 0.865. The maximum atomic E-state index is 12.3. The van der Waals surface area contributed by atoms with Crippen molar-refractivity contribution >= 4 is 5.78 Å². The number of aryl methyl sites for hydroxylation is 1. The molecule has 112 valence electrons. The Hall–Kier alpha value is -2.03. The van der Waals surface area contributed by atoms with E-state index < -0.39 is 0 Å². The number of fused-ring (bicyclic) bond motifs is 3. The van der Waals surface area contributed by atoms with E-state index in [1.54, 1.807) is 6.33 Å². The summed E-state index contributed by atoms with van der Waals surface area (Å²) in [4.78, 5) is 21.2. The van der Waals surface area contributed by atoms with Crippen LogP contribution >= 0.6 is 0 Å². The predicted octanol–water partition coefficient (Wildman–Crippen LogP) is 3.32. The van der Waals surface area contributed by atoms with Crippen molar-refractivity contribution in [3.8, 4) is 0 Å². The van der Waals surface area contributed by atoms with Gasteiger partial charge in [0.2, 0.25) is 0 Å². The van der Waals surface area contributed by atoms with Crippen molar-refractivity contribution in [2.24, 2.45) is 11.8 Å². The molecule has 0 radical (unpaired) electrons. The summed E-state index contributed by atoms with van der Waals surface area (Å²) in [6, 6.07) is 10.6. The normalized spacial score (nSPS) is 30.5. The molecule has 0 amide bonds. The van der Waals surface area contributed by atoms with Gasteiger partial charge in [-0.1, -0.05) is 37.3 Å². The van der Waals surface area contributed by atoms with Gasteiger partial charge in [0.05, 0.1) is 5.69 Å². The number of carbonyl (C=O) groups is 1. The molecule has 0 saturated heterocycles. The number of carbonyl (C=O) groups excluding carboxylic acids is 1. The van der Waals surface area contributed by atoms with Crippen LogP contribution < -0.4 is 0 Å². The molecular formula is C19H20N2O. The van der Waals surface area contributed by atoms with Crippen molar-refractivity contribution in [3.63, 3.8) is 0 Å². The molecular weight excluding hydrogens is 272 g/mol. The molecule has 3 heteroatoms. The van der Waals surface area contributed by atoms with Gasteiger partial charge in [-0.25, -0.2) is 9.97 Å². The lowest BCUT2D eigenvalue weighted by molar-refractivity contribution is -0.128. The van der Waals surface area contributed by atoms with E-state index in [2.05, 4.69) is 47.2 Å². The number of Topliss-reactive ketones (excluding diaryl/α,β-unsaturated/α-hetero) is 1. The molecule has 0 aliphatic heterocycles. The Morgan fingerprint density at radius 2 is 2.00 bits per heavy atom. The van der Waals surface area contributed by atoms with Gasteiger partial charge in [-0.2, -0.15) is 0 Å². The van der Waals surface area contributed by atoms with Crippen LogP contribution in [0.25, 0.3) is 0 Å². The molecule has 22 heavy (non-hydrogen) atoms. The van der Waals surface area contributed by atoms with E-state index in [-0.39, 0.29) is 11.3 Å². The molecule has 1 aromatic heterocycles. The molecule has 3 nitrogen and oxygen atoms in total. The van der Waals surface area contributed by atoms with Crippen LogP contribution in [-0.2, 0) is 16.6 Å². The summed E-state index contributed by atoms with van der Waals surface area (Å²) in [5, 5.41) is 0. The van der Waals surface area contributed by atoms with Crippen molar-refractivity contribution in [1.82, 2.24) is 9.97 Å². The first-order chi connectivity index (χ1) is 10.7. The van der Waals surface area contributed by atoms with Gasteiger partial charge in [0.15, 0.2) is 0 Å². The molecule has 0 spiro atoms. The number of nitrogens with zero attached hydrogens (tertiary/aromatic N) is 2. The van der Waals surface area contributed by atoms with E-state index in [1.807, 2.05) is 6.20 Å². The first-order valence-electron chi connectivity index (χ1n) is 8.11. The Balaban J connectivity index is 1.97. The monoisotopic (exact) mass is 292 g/mol. The van der Waals surface area contributed by atoms with Gasteiger partial charge < -0.3 is 0 Å². The molecule has 2 aliphatic carbocycles. The SMILES string of the molecule is C[C@@H]1C(=O)CC[C@]2(c3ccccc3)c3ncncc3CC[C@@H]12. The lowest BCUT2D eigenvalue weighted by atomic mass is 9.53. The van der Waals surface area contributed by atoms with Crippen molar-refractivity contribution in [2.75, 3.05) is 0 Å². The minimum Gasteiger partial charge on any atom is -0.299 e. The summed E-state index contributed by atoms with van der Waals surface area (Å²) in [7, 11) is 0. The Morgan fingerprint density at radius 1 is 1.18 bits per heavy atom. The third kappa shape index (κ3) is 1.78. The second-order valence-corrected chi connectivity index (χ2v) is 6.63. The van der Waals surface area contributed by atoms with Gasteiger partial charge in [0, 0.05) is 24.0 Å². The molecule has 0 unspecified atom stereocenters. The molecule has 1 saturated carbocycles. The number of benzene rings is 1. The van der Waals surface area contributed by atoms with Gasteiger partial charge >= 0.3 is 0 Å². The third-order valence-electron chi connectivity index (χ3n) is 5.73. The third-order valence-corrected chi connectivity index (χ3v) is 5.73. The second-order valence-electron chi connectivity index (χ2n) is 6.63. The van der Waals surface area contributed by atoms with E-state index in [1.165, 1.54) is 11.1 Å². The molecule has 4 rings (SSSR count). The zero-order valence-electron chi connectivity index (χ0n) is 12.8. The Kier molecular flexibility index (Phi) is 3.10. The number of ketones is 1. The van der Waals surface area contributed by atoms with E-state index in [9.17, 15) is 4.79 Å². The summed E-state index contributed by atoms with van der Waals surface area (Å²) in [6.45, 7) is 2.11. The average Bonchev–Trinajstić information content (AvgIpc) is 2.58. The van der Waals surface area contributed by atoms with Crippen molar-refractivity contribution in [1.29, 1.82) is 0 Å². The predicted molar refractivity (Wildman–Crippen MR) is 84.5 cm³/mol. The summed E-state index contributed by atoms with van der Waals surface area (Å²) in [6.07, 6.45) is 7.16. The highest BCUT2D eigenvalue weighted by Crippen LogP contribution is 2.54. The van der Waals surface area contributed by atoms with Crippen molar-refractivity contribution in [2.45, 2.75) is 38.0 Å². The summed E-state index contributed by atoms with van der Waals surface area (Å²) in [5.41, 5.74) is 3.60. The second kappa shape index (κ2) is 5.01. The number of hydrogen-bond acceptors (Lipinski definition) is 3. The average molecular weight is 292 g/mol. The van der Waals surface area contributed by atoms with E-state index in [0.29, 0.717) is 18.1 Å². The maximum Gasteiger partial charge on any atom is 0.136 e. The standard InChI is InChI=1S/C19H20N2O/c1-13-16-8-7-14-11-20-12-21-18(14)19(16,10-9-17(13)22)15-5-3-2-4-6-15/h2-6,11-13,16H,7-10H2,1H3/t13-,16-,19+/m0/s1. The number of rotatable bonds is 1. The summed E-state index contributed by atoms with van der Waals surface area (Å²) >= 11 is 0. The number of hydrogen-bond donors (Lipinski definition) is 0. The quantitative estimate of drug-likeness (QED) is 0.809. The molecule has 3 atom stereocenters. The zero-order chi connectivity index (χ0) is 15.2. The Morgan fingerprint density at radius 3 is 2.82 bits per heavy atom. The smallest absolute Gasteiger partial charge is 0.136 e. The van der Waals surface area contributed by atoms with Crippen molar-refractivity contribution in [3.05, 3.63) is 59.7 Å². The summed E-state index contributed by atoms with van der Waals surface area (Å²) < 4.78 is 0. The van der Waals surface area contributed by atoms with Gasteiger partial charge in [-0.3, -0.25) is 4.79 Å². The highest BCUT2D eigenvalue weighted by atomic mass is 16.1. The maximum absolute atomic E-state index is 12.3. The molecule has 2 aliphatic rings. The van der Waals surface area contributed by atoms with Gasteiger partial charge in [-0.05, 0) is 36.3 Å². The Labute approximate surface area is 130 Å². The fourth-order valence-corrected chi connectivity index (χ4v) is 4.66. The van der Waals surface area contributed by atoms with Crippen LogP contribution in [0.2, 0.25) is 0 Å². The largest absolute Gasteiger partial charge is 0.299 e. The van der Waals surface area contributed by atoms with Gasteiger partial charge in [0.1, 0.15) is 12.1 Å². The van der Waals surface area contributed by atoms with Crippen molar-refractivity contribution < 1.29 is 4.79 Å². The highest BCUT2D eigenvalue weighted by Gasteiger charge is 2.52. The minimum absolute atomic E-state index is 0.108. The fourth-order valence-electron chi connectivity index (χ4n) is 4.66. The first kappa shape index (κ1) is 13.6. The minimum atomic E-state index is -0.120. The van der Waals surface area contributed by atoms with E-state index in [0.717, 1.165) is 25.0 Å². The van der Waals surface area contributed by atoms with Crippen LogP contribution in [0.5, 0.6) is 0 Å². The molecule has 0 N–H and O–H groups in total. The Bertz CT molecular complexity index is 712. The van der Waals surface area contributed by atoms with Crippen LogP contribution in [0.1, 0.15) is 43.0 Å². The van der Waals surface area contributed by atoms with Crippen LogP contribution in [0.4, 0.5) is 0 Å². The first-order valence-corrected chi connectivity index (χ1v) is 8.11. The lowest BCUT2D eigenvalue weighted by Crippen LogP contribution is -2.49.